The van der Waals surface area contributed by atoms with Gasteiger partial charge < -0.3 is 29.4 Å². The second kappa shape index (κ2) is 9.14. The lowest BCUT2D eigenvalue weighted by atomic mass is 10.1. The van der Waals surface area contributed by atoms with Crippen LogP contribution in [-0.4, -0.2) is 60.0 Å². The van der Waals surface area contributed by atoms with E-state index in [1.54, 1.807) is 24.8 Å². The molecule has 9 nitrogen and oxygen atoms in total. The Kier molecular flexibility index (Phi) is 6.27. The van der Waals surface area contributed by atoms with Crippen molar-refractivity contribution in [2.45, 2.75) is 20.2 Å². The van der Waals surface area contributed by atoms with Gasteiger partial charge in [-0.3, -0.25) is 0 Å². The van der Waals surface area contributed by atoms with Crippen molar-refractivity contribution in [3.63, 3.8) is 0 Å². The van der Waals surface area contributed by atoms with Gasteiger partial charge in [0.25, 0.3) is 0 Å². The molecule has 0 radical (unpaired) electrons. The van der Waals surface area contributed by atoms with E-state index in [0.29, 0.717) is 37.5 Å². The summed E-state index contributed by atoms with van der Waals surface area (Å²) in [5, 5.41) is 5.83. The van der Waals surface area contributed by atoms with Crippen LogP contribution in [0.2, 0.25) is 0 Å². The average molecular weight is 465 g/mol. The van der Waals surface area contributed by atoms with E-state index in [0.717, 1.165) is 6.07 Å². The average Bonchev–Trinajstić information content (AvgIpc) is 3.12. The van der Waals surface area contributed by atoms with Gasteiger partial charge in [0.1, 0.15) is 22.7 Å². The van der Waals surface area contributed by atoms with Crippen molar-refractivity contribution < 1.29 is 31.9 Å². The van der Waals surface area contributed by atoms with E-state index in [2.05, 4.69) is 25.3 Å². The molecule has 0 saturated carbocycles. The highest BCUT2D eigenvalue weighted by molar-refractivity contribution is 5.97. The number of alkyl halides is 3. The standard InChI is InChI=1S/C21H22F3N5O4/c1-3-31-19-17(26-14-11-12(2)32-18(14)28-19)16-13(5-4-6-15(16)33-21(22,23)24)27-20(30)29-9-7-25-8-10-29/h4-6,11,25H,3,7-10H2,1-2H3,(H,27,30). The smallest absolute Gasteiger partial charge is 0.476 e. The first-order chi connectivity index (χ1) is 15.7. The fraction of sp³-hybridized carbons (Fsp3) is 0.381. The number of rotatable bonds is 5. The summed E-state index contributed by atoms with van der Waals surface area (Å²) in [6.07, 6.45) is -4.97. The van der Waals surface area contributed by atoms with E-state index >= 15 is 0 Å². The molecule has 0 bridgehead atoms. The number of carbonyl (C=O) groups is 1. The number of carbonyl (C=O) groups excluding carboxylic acids is 1. The third kappa shape index (κ3) is 5.11. The number of hydrogen-bond acceptors (Lipinski definition) is 7. The van der Waals surface area contributed by atoms with E-state index in [4.69, 9.17) is 9.15 Å². The molecule has 1 aliphatic heterocycles. The molecule has 3 aromatic rings. The summed E-state index contributed by atoms with van der Waals surface area (Å²) in [5.74, 6) is -0.0673. The number of anilines is 1. The zero-order valence-corrected chi connectivity index (χ0v) is 18.0. The Hall–Kier alpha value is -3.54. The zero-order valence-electron chi connectivity index (χ0n) is 18.0. The number of benzene rings is 1. The number of halogens is 3. The van der Waals surface area contributed by atoms with Crippen LogP contribution in [-0.2, 0) is 0 Å². The van der Waals surface area contributed by atoms with Crippen LogP contribution in [0.1, 0.15) is 12.7 Å². The van der Waals surface area contributed by atoms with E-state index in [1.165, 1.54) is 12.1 Å². The van der Waals surface area contributed by atoms with Crippen LogP contribution in [0.15, 0.2) is 28.7 Å². The Morgan fingerprint density at radius 1 is 1.27 bits per heavy atom. The van der Waals surface area contributed by atoms with Gasteiger partial charge in [-0.25, -0.2) is 9.78 Å². The number of nitrogens with zero attached hydrogens (tertiary/aromatic N) is 3. The van der Waals surface area contributed by atoms with E-state index < -0.39 is 18.1 Å². The van der Waals surface area contributed by atoms with Gasteiger partial charge in [-0.2, -0.15) is 4.98 Å². The number of urea groups is 1. The summed E-state index contributed by atoms with van der Waals surface area (Å²) in [6, 6.07) is 5.12. The third-order valence-corrected chi connectivity index (χ3v) is 4.87. The largest absolute Gasteiger partial charge is 0.573 e. The minimum absolute atomic E-state index is 0.0133. The molecular weight excluding hydrogens is 443 g/mol. The molecule has 12 heteroatoms. The van der Waals surface area contributed by atoms with Gasteiger partial charge in [0.15, 0.2) is 0 Å². The molecule has 0 atom stereocenters. The molecule has 1 fully saturated rings. The topological polar surface area (TPSA) is 102 Å². The highest BCUT2D eigenvalue weighted by atomic mass is 19.4. The summed E-state index contributed by atoms with van der Waals surface area (Å²) < 4.78 is 55.0. The number of fused-ring (bicyclic) bond motifs is 1. The van der Waals surface area contributed by atoms with Crippen LogP contribution in [0.5, 0.6) is 11.6 Å². The molecule has 1 aliphatic rings. The molecule has 2 N–H and O–H groups in total. The number of amides is 2. The SMILES string of the molecule is CCOc1nc2oc(C)cc2nc1-c1c(NC(=O)N2CCNCC2)cccc1OC(F)(F)F. The Morgan fingerprint density at radius 3 is 2.73 bits per heavy atom. The molecule has 4 rings (SSSR count). The summed E-state index contributed by atoms with van der Waals surface area (Å²) in [7, 11) is 0. The van der Waals surface area contributed by atoms with Crippen LogP contribution in [0.25, 0.3) is 22.5 Å². The maximum atomic E-state index is 13.2. The highest BCUT2D eigenvalue weighted by Gasteiger charge is 2.34. The van der Waals surface area contributed by atoms with Crippen LogP contribution in [0.3, 0.4) is 0 Å². The van der Waals surface area contributed by atoms with Gasteiger partial charge in [-0.15, -0.1) is 13.2 Å². The van der Waals surface area contributed by atoms with Crippen molar-refractivity contribution in [3.8, 4) is 22.9 Å². The van der Waals surface area contributed by atoms with E-state index in [-0.39, 0.29) is 35.1 Å². The van der Waals surface area contributed by atoms with Crippen LogP contribution < -0.4 is 20.1 Å². The molecule has 0 unspecified atom stereocenters. The molecule has 0 spiro atoms. The number of aromatic nitrogens is 2. The minimum Gasteiger partial charge on any atom is -0.476 e. The Bertz CT molecular complexity index is 1160. The maximum Gasteiger partial charge on any atom is 0.573 e. The first kappa shape index (κ1) is 22.6. The van der Waals surface area contributed by atoms with Crippen molar-refractivity contribution in [2.75, 3.05) is 38.1 Å². The molecule has 2 aromatic heterocycles. The van der Waals surface area contributed by atoms with Gasteiger partial charge in [0, 0.05) is 32.2 Å². The van der Waals surface area contributed by atoms with E-state index in [1.807, 2.05) is 0 Å². The Labute approximate surface area is 186 Å². The minimum atomic E-state index is -4.97. The lowest BCUT2D eigenvalue weighted by molar-refractivity contribution is -0.274. The second-order valence-corrected chi connectivity index (χ2v) is 7.25. The Balaban J connectivity index is 1.85. The fourth-order valence-corrected chi connectivity index (χ4v) is 3.51. The predicted molar refractivity (Wildman–Crippen MR) is 113 cm³/mol. The van der Waals surface area contributed by atoms with Crippen molar-refractivity contribution in [1.29, 1.82) is 0 Å². The van der Waals surface area contributed by atoms with Crippen molar-refractivity contribution >= 4 is 22.9 Å². The summed E-state index contributed by atoms with van der Waals surface area (Å²) in [6.45, 7) is 5.74. The first-order valence-electron chi connectivity index (χ1n) is 10.3. The van der Waals surface area contributed by atoms with Gasteiger partial charge >= 0.3 is 12.4 Å². The molecule has 176 valence electrons. The van der Waals surface area contributed by atoms with Gasteiger partial charge in [-0.1, -0.05) is 6.07 Å². The maximum absolute atomic E-state index is 13.2. The number of nitrogens with one attached hydrogen (secondary N) is 2. The van der Waals surface area contributed by atoms with Crippen LogP contribution >= 0.6 is 0 Å². The van der Waals surface area contributed by atoms with Crippen LogP contribution in [0.4, 0.5) is 23.7 Å². The van der Waals surface area contributed by atoms with Gasteiger partial charge in [-0.05, 0) is 26.0 Å². The number of furan rings is 1. The van der Waals surface area contributed by atoms with Crippen molar-refractivity contribution in [1.82, 2.24) is 20.2 Å². The summed E-state index contributed by atoms with van der Waals surface area (Å²) in [5.41, 5.74) is 0.471. The monoisotopic (exact) mass is 465 g/mol. The molecule has 1 aromatic carbocycles. The van der Waals surface area contributed by atoms with Gasteiger partial charge in [0.05, 0.1) is 17.9 Å². The summed E-state index contributed by atoms with van der Waals surface area (Å²) >= 11 is 0. The van der Waals surface area contributed by atoms with Gasteiger partial charge in [0.2, 0.25) is 11.6 Å². The highest BCUT2D eigenvalue weighted by Crippen LogP contribution is 2.42. The lowest BCUT2D eigenvalue weighted by Crippen LogP contribution is -2.48. The number of piperazine rings is 1. The third-order valence-electron chi connectivity index (χ3n) is 4.87. The first-order valence-corrected chi connectivity index (χ1v) is 10.3. The van der Waals surface area contributed by atoms with Crippen LogP contribution in [0, 0.1) is 6.92 Å². The summed E-state index contributed by atoms with van der Waals surface area (Å²) in [4.78, 5) is 23.1. The zero-order chi connectivity index (χ0) is 23.6. The number of ether oxygens (including phenoxy) is 2. The second-order valence-electron chi connectivity index (χ2n) is 7.25. The molecule has 2 amide bonds. The number of aryl methyl sites for hydroxylation is 1. The molecule has 1 saturated heterocycles. The molecule has 33 heavy (non-hydrogen) atoms. The Morgan fingerprint density at radius 2 is 2.03 bits per heavy atom. The molecular formula is C21H22F3N5O4. The normalized spacial score (nSPS) is 14.4. The molecule has 3 heterocycles. The predicted octanol–water partition coefficient (Wildman–Crippen LogP) is 3.93. The van der Waals surface area contributed by atoms with Crippen molar-refractivity contribution in [3.05, 3.63) is 30.0 Å². The van der Waals surface area contributed by atoms with E-state index in [9.17, 15) is 18.0 Å². The quantitative estimate of drug-likeness (QED) is 0.589. The van der Waals surface area contributed by atoms with Crippen molar-refractivity contribution in [2.24, 2.45) is 0 Å². The number of hydrogen-bond donors (Lipinski definition) is 2. The lowest BCUT2D eigenvalue weighted by Gasteiger charge is -2.28. The molecule has 0 aliphatic carbocycles. The fourth-order valence-electron chi connectivity index (χ4n) is 3.51.